The minimum Gasteiger partial charge on any atom is -0.482 e. The Morgan fingerprint density at radius 1 is 1.27 bits per heavy atom. The summed E-state index contributed by atoms with van der Waals surface area (Å²) in [6.07, 6.45) is 0.379. The maximum Gasteiger partial charge on any atom is 0.335 e. The number of likely N-dealkylation sites (N-methyl/N-ethyl adjacent to an activating group) is 1. The zero-order valence-corrected chi connectivity index (χ0v) is 18.4. The van der Waals surface area contributed by atoms with Gasteiger partial charge in [0.15, 0.2) is 6.61 Å². The number of ether oxygens (including phenoxy) is 1. The molecule has 2 aromatic rings. The number of carboxylic acid groups (broad SMARTS) is 1. The van der Waals surface area contributed by atoms with Crippen molar-refractivity contribution in [2.24, 2.45) is 0 Å². The van der Waals surface area contributed by atoms with Crippen molar-refractivity contribution in [3.63, 3.8) is 0 Å². The van der Waals surface area contributed by atoms with E-state index in [9.17, 15) is 24.6 Å². The number of anilines is 1. The molecule has 0 aliphatic carbocycles. The molecule has 2 atom stereocenters. The minimum absolute atomic E-state index is 0.0314. The van der Waals surface area contributed by atoms with Crippen LogP contribution in [-0.4, -0.2) is 77.2 Å². The van der Waals surface area contributed by atoms with Gasteiger partial charge in [-0.15, -0.1) is 0 Å². The molecule has 0 aromatic heterocycles. The zero-order chi connectivity index (χ0) is 23.5. The second-order valence-corrected chi connectivity index (χ2v) is 8.50. The number of hydrogen-bond acceptors (Lipinski definition) is 6. The number of nitrogens with one attached hydrogen (secondary N) is 1. The summed E-state index contributed by atoms with van der Waals surface area (Å²) in [5.74, 6) is -0.854. The summed E-state index contributed by atoms with van der Waals surface area (Å²) >= 11 is 0. The van der Waals surface area contributed by atoms with Crippen LogP contribution in [0.15, 0.2) is 42.5 Å². The Morgan fingerprint density at radius 3 is 2.82 bits per heavy atom. The van der Waals surface area contributed by atoms with Crippen LogP contribution in [0.3, 0.4) is 0 Å². The smallest absolute Gasteiger partial charge is 0.335 e. The molecule has 4 rings (SSSR count). The van der Waals surface area contributed by atoms with Gasteiger partial charge in [-0.1, -0.05) is 18.2 Å². The second kappa shape index (κ2) is 9.60. The molecule has 174 valence electrons. The van der Waals surface area contributed by atoms with E-state index in [2.05, 4.69) is 10.2 Å². The minimum atomic E-state index is -1.03. The van der Waals surface area contributed by atoms with E-state index in [0.717, 1.165) is 11.1 Å². The number of nitrogens with zero attached hydrogens (tertiary/aromatic N) is 2. The lowest BCUT2D eigenvalue weighted by Gasteiger charge is -2.32. The molecular weight excluding hydrogens is 426 g/mol. The van der Waals surface area contributed by atoms with Gasteiger partial charge in [0.1, 0.15) is 5.75 Å². The first-order chi connectivity index (χ1) is 15.8. The number of benzene rings is 2. The number of hydrogen-bond donors (Lipinski definition) is 3. The quantitative estimate of drug-likeness (QED) is 0.582. The van der Waals surface area contributed by atoms with Crippen molar-refractivity contribution in [3.05, 3.63) is 59.2 Å². The highest BCUT2D eigenvalue weighted by Gasteiger charge is 2.29. The van der Waals surface area contributed by atoms with Gasteiger partial charge >= 0.3 is 5.97 Å². The predicted octanol–water partition coefficient (Wildman–Crippen LogP) is 1.52. The number of carbonyl (C=O) groups excluding carboxylic acids is 2. The fourth-order valence-corrected chi connectivity index (χ4v) is 4.27. The molecule has 1 fully saturated rings. The SMILES string of the molecule is CN(C(=O)Cc1ccc2c(c1)NC(=O)CO2)[C@H](CN1CCC(O)C1)c1cccc(C(=O)O)c1. The van der Waals surface area contributed by atoms with Crippen molar-refractivity contribution in [1.82, 2.24) is 9.80 Å². The molecule has 9 nitrogen and oxygen atoms in total. The summed E-state index contributed by atoms with van der Waals surface area (Å²) < 4.78 is 5.37. The van der Waals surface area contributed by atoms with Crippen LogP contribution in [0.4, 0.5) is 5.69 Å². The van der Waals surface area contributed by atoms with E-state index >= 15 is 0 Å². The molecular formula is C24H27N3O6. The zero-order valence-electron chi connectivity index (χ0n) is 18.4. The van der Waals surface area contributed by atoms with Crippen LogP contribution in [0.1, 0.15) is 33.9 Å². The monoisotopic (exact) mass is 453 g/mol. The Kier molecular flexibility index (Phi) is 6.62. The molecule has 1 saturated heterocycles. The third-order valence-electron chi connectivity index (χ3n) is 6.09. The number of fused-ring (bicyclic) bond motifs is 1. The van der Waals surface area contributed by atoms with Crippen molar-refractivity contribution < 1.29 is 29.3 Å². The molecule has 2 aliphatic heterocycles. The highest BCUT2D eigenvalue weighted by atomic mass is 16.5. The van der Waals surface area contributed by atoms with Gasteiger partial charge in [-0.2, -0.15) is 0 Å². The average molecular weight is 453 g/mol. The first-order valence-corrected chi connectivity index (χ1v) is 10.8. The third kappa shape index (κ3) is 5.32. The Morgan fingerprint density at radius 2 is 2.09 bits per heavy atom. The molecule has 2 aliphatic rings. The Labute approximate surface area is 191 Å². The molecule has 0 spiro atoms. The molecule has 0 radical (unpaired) electrons. The van der Waals surface area contributed by atoms with Crippen LogP contribution in [0.2, 0.25) is 0 Å². The fourth-order valence-electron chi connectivity index (χ4n) is 4.27. The van der Waals surface area contributed by atoms with E-state index in [4.69, 9.17) is 4.74 Å². The third-order valence-corrected chi connectivity index (χ3v) is 6.09. The molecule has 3 N–H and O–H groups in total. The molecule has 2 heterocycles. The number of aromatic carboxylic acids is 1. The number of β-amino-alcohol motifs (C(OH)–C–C–N with tert-alkyl or cyclic N) is 1. The van der Waals surface area contributed by atoms with Crippen molar-refractivity contribution in [2.45, 2.75) is 25.0 Å². The fraction of sp³-hybridized carbons (Fsp3) is 0.375. The number of carbonyl (C=O) groups is 3. The number of carboxylic acids is 1. The van der Waals surface area contributed by atoms with Crippen LogP contribution in [0, 0.1) is 0 Å². The lowest BCUT2D eigenvalue weighted by atomic mass is 10.0. The number of aliphatic hydroxyl groups excluding tert-OH is 1. The van der Waals surface area contributed by atoms with Crippen molar-refractivity contribution >= 4 is 23.5 Å². The molecule has 0 bridgehead atoms. The summed E-state index contributed by atoms with van der Waals surface area (Å²) in [5.41, 5.74) is 2.14. The van der Waals surface area contributed by atoms with E-state index < -0.39 is 12.1 Å². The number of amides is 2. The van der Waals surface area contributed by atoms with Crippen molar-refractivity contribution in [1.29, 1.82) is 0 Å². The Hall–Kier alpha value is -3.43. The van der Waals surface area contributed by atoms with Gasteiger partial charge in [0.2, 0.25) is 5.91 Å². The van der Waals surface area contributed by atoms with Crippen LogP contribution in [-0.2, 0) is 16.0 Å². The van der Waals surface area contributed by atoms with Gasteiger partial charge in [0, 0.05) is 26.7 Å². The number of rotatable bonds is 7. The lowest BCUT2D eigenvalue weighted by Crippen LogP contribution is -2.39. The maximum atomic E-state index is 13.2. The lowest BCUT2D eigenvalue weighted by molar-refractivity contribution is -0.131. The summed E-state index contributed by atoms with van der Waals surface area (Å²) in [6, 6.07) is 11.5. The summed E-state index contributed by atoms with van der Waals surface area (Å²) in [4.78, 5) is 40.0. The van der Waals surface area contributed by atoms with E-state index in [1.807, 2.05) is 6.07 Å². The molecule has 2 amide bonds. The topological polar surface area (TPSA) is 119 Å². The van der Waals surface area contributed by atoms with Crippen molar-refractivity contribution in [2.75, 3.05) is 38.6 Å². The molecule has 9 heteroatoms. The molecule has 33 heavy (non-hydrogen) atoms. The number of aliphatic hydroxyl groups is 1. The van der Waals surface area contributed by atoms with Crippen LogP contribution in [0.25, 0.3) is 0 Å². The molecule has 2 aromatic carbocycles. The van der Waals surface area contributed by atoms with Gasteiger partial charge < -0.3 is 25.2 Å². The van der Waals surface area contributed by atoms with Gasteiger partial charge in [-0.3, -0.25) is 14.5 Å². The second-order valence-electron chi connectivity index (χ2n) is 8.50. The summed E-state index contributed by atoms with van der Waals surface area (Å²) in [7, 11) is 1.70. The van der Waals surface area contributed by atoms with E-state index in [-0.39, 0.29) is 36.4 Å². The molecule has 0 saturated carbocycles. The van der Waals surface area contributed by atoms with Gasteiger partial charge in [0.05, 0.1) is 29.8 Å². The highest BCUT2D eigenvalue weighted by Crippen LogP contribution is 2.30. The summed E-state index contributed by atoms with van der Waals surface area (Å²) in [6.45, 7) is 1.68. The summed E-state index contributed by atoms with van der Waals surface area (Å²) in [5, 5.41) is 22.1. The first-order valence-electron chi connectivity index (χ1n) is 10.8. The van der Waals surface area contributed by atoms with Crippen molar-refractivity contribution in [3.8, 4) is 5.75 Å². The van der Waals surface area contributed by atoms with E-state index in [0.29, 0.717) is 37.5 Å². The standard InChI is InChI=1S/C24H27N3O6/c1-26(23(30)10-15-5-6-21-19(9-15)25-22(29)14-33-21)20(13-27-8-7-18(28)12-27)16-3-2-4-17(11-16)24(31)32/h2-6,9,11,18,20,28H,7-8,10,12-14H2,1H3,(H,25,29)(H,31,32)/t18?,20-/m1/s1. The first kappa shape index (κ1) is 22.8. The van der Waals surface area contributed by atoms with Crippen LogP contribution in [0.5, 0.6) is 5.75 Å². The largest absolute Gasteiger partial charge is 0.482 e. The number of likely N-dealkylation sites (tertiary alicyclic amines) is 1. The maximum absolute atomic E-state index is 13.2. The predicted molar refractivity (Wildman–Crippen MR) is 120 cm³/mol. The molecule has 1 unspecified atom stereocenters. The normalized spacial score (nSPS) is 18.7. The average Bonchev–Trinajstić information content (AvgIpc) is 3.21. The Bertz CT molecular complexity index is 1070. The van der Waals surface area contributed by atoms with Gasteiger partial charge in [-0.25, -0.2) is 4.79 Å². The highest BCUT2D eigenvalue weighted by molar-refractivity contribution is 5.95. The van der Waals surface area contributed by atoms with E-state index in [1.165, 1.54) is 6.07 Å². The van der Waals surface area contributed by atoms with Crippen LogP contribution >= 0.6 is 0 Å². The van der Waals surface area contributed by atoms with E-state index in [1.54, 1.807) is 42.3 Å². The van der Waals surface area contributed by atoms with Gasteiger partial charge in [-0.05, 0) is 41.8 Å². The van der Waals surface area contributed by atoms with Gasteiger partial charge in [0.25, 0.3) is 5.91 Å². The Balaban J connectivity index is 1.55. The van der Waals surface area contributed by atoms with Crippen LogP contribution < -0.4 is 10.1 Å².